The SMILES string of the molecule is O=C[C@H](OCc1ccccc1)[C@H]1OC[C@@H](OCc2ccccc2)[C@@H]1OCc1ccccc1. The monoisotopic (exact) mass is 432 g/mol. The summed E-state index contributed by atoms with van der Waals surface area (Å²) in [4.78, 5) is 11.9. The van der Waals surface area contributed by atoms with Gasteiger partial charge in [-0.1, -0.05) is 91.0 Å². The highest BCUT2D eigenvalue weighted by Gasteiger charge is 2.44. The van der Waals surface area contributed by atoms with E-state index in [9.17, 15) is 4.79 Å². The molecule has 32 heavy (non-hydrogen) atoms. The zero-order valence-electron chi connectivity index (χ0n) is 17.9. The molecule has 4 atom stereocenters. The molecular weight excluding hydrogens is 404 g/mol. The van der Waals surface area contributed by atoms with E-state index >= 15 is 0 Å². The first-order valence-electron chi connectivity index (χ1n) is 10.9. The molecule has 0 spiro atoms. The van der Waals surface area contributed by atoms with E-state index in [2.05, 4.69) is 0 Å². The maximum Gasteiger partial charge on any atom is 0.151 e. The van der Waals surface area contributed by atoms with E-state index in [1.165, 1.54) is 0 Å². The van der Waals surface area contributed by atoms with Crippen LogP contribution in [0, 0.1) is 0 Å². The average Bonchev–Trinajstić information content (AvgIpc) is 3.26. The summed E-state index contributed by atoms with van der Waals surface area (Å²) in [6.07, 6.45) is -1.22. The molecule has 1 fully saturated rings. The van der Waals surface area contributed by atoms with Gasteiger partial charge in [-0.2, -0.15) is 0 Å². The first-order chi connectivity index (χ1) is 15.8. The zero-order chi connectivity index (χ0) is 22.0. The molecule has 0 radical (unpaired) electrons. The predicted octanol–water partition coefficient (Wildman–Crippen LogP) is 4.34. The lowest BCUT2D eigenvalue weighted by Gasteiger charge is -2.27. The van der Waals surface area contributed by atoms with E-state index in [0.29, 0.717) is 26.4 Å². The second kappa shape index (κ2) is 11.7. The van der Waals surface area contributed by atoms with E-state index in [4.69, 9.17) is 18.9 Å². The molecule has 166 valence electrons. The number of aldehydes is 1. The van der Waals surface area contributed by atoms with E-state index in [-0.39, 0.29) is 6.10 Å². The van der Waals surface area contributed by atoms with E-state index in [1.807, 2.05) is 91.0 Å². The van der Waals surface area contributed by atoms with Crippen molar-refractivity contribution in [3.8, 4) is 0 Å². The van der Waals surface area contributed by atoms with Crippen molar-refractivity contribution >= 4 is 6.29 Å². The fourth-order valence-corrected chi connectivity index (χ4v) is 3.76. The molecule has 1 aliphatic heterocycles. The normalized spacial score (nSPS) is 21.3. The summed E-state index contributed by atoms with van der Waals surface area (Å²) in [5.74, 6) is 0. The van der Waals surface area contributed by atoms with Crippen LogP contribution in [0.15, 0.2) is 91.0 Å². The molecular formula is C27H28O5. The van der Waals surface area contributed by atoms with Crippen molar-refractivity contribution in [2.24, 2.45) is 0 Å². The number of carbonyl (C=O) groups is 1. The third-order valence-corrected chi connectivity index (χ3v) is 5.48. The van der Waals surface area contributed by atoms with Crippen LogP contribution in [0.3, 0.4) is 0 Å². The first kappa shape index (κ1) is 22.4. The summed E-state index contributed by atoms with van der Waals surface area (Å²) in [6.45, 7) is 1.52. The van der Waals surface area contributed by atoms with Gasteiger partial charge in [-0.3, -0.25) is 0 Å². The van der Waals surface area contributed by atoms with Gasteiger partial charge in [0.05, 0.1) is 26.4 Å². The van der Waals surface area contributed by atoms with Crippen LogP contribution < -0.4 is 0 Å². The fourth-order valence-electron chi connectivity index (χ4n) is 3.76. The first-order valence-corrected chi connectivity index (χ1v) is 10.9. The number of carbonyl (C=O) groups excluding carboxylic acids is 1. The van der Waals surface area contributed by atoms with Gasteiger partial charge in [0.2, 0.25) is 0 Å². The van der Waals surface area contributed by atoms with Crippen LogP contribution in [0.1, 0.15) is 16.7 Å². The molecule has 0 amide bonds. The second-order valence-electron chi connectivity index (χ2n) is 7.79. The van der Waals surface area contributed by atoms with Crippen molar-refractivity contribution < 1.29 is 23.7 Å². The van der Waals surface area contributed by atoms with Gasteiger partial charge in [0.1, 0.15) is 24.4 Å². The van der Waals surface area contributed by atoms with Gasteiger partial charge in [-0.15, -0.1) is 0 Å². The molecule has 3 aromatic carbocycles. The maximum atomic E-state index is 11.9. The van der Waals surface area contributed by atoms with Crippen LogP contribution in [-0.2, 0) is 43.6 Å². The number of benzene rings is 3. The molecule has 0 unspecified atom stereocenters. The van der Waals surface area contributed by atoms with Crippen molar-refractivity contribution in [2.75, 3.05) is 6.61 Å². The average molecular weight is 433 g/mol. The quantitative estimate of drug-likeness (QED) is 0.422. The molecule has 5 heteroatoms. The number of ether oxygens (including phenoxy) is 4. The van der Waals surface area contributed by atoms with Gasteiger partial charge in [0, 0.05) is 0 Å². The van der Waals surface area contributed by atoms with E-state index in [0.717, 1.165) is 23.0 Å². The van der Waals surface area contributed by atoms with Crippen molar-refractivity contribution in [2.45, 2.75) is 44.2 Å². The number of rotatable bonds is 11. The fraction of sp³-hybridized carbons (Fsp3) is 0.296. The topological polar surface area (TPSA) is 54.0 Å². The molecule has 3 aromatic rings. The van der Waals surface area contributed by atoms with Crippen molar-refractivity contribution in [1.82, 2.24) is 0 Å². The molecule has 0 bridgehead atoms. The minimum Gasteiger partial charge on any atom is -0.369 e. The molecule has 0 aromatic heterocycles. The van der Waals surface area contributed by atoms with Gasteiger partial charge in [0.15, 0.2) is 6.29 Å². The Kier molecular flexibility index (Phi) is 8.17. The third kappa shape index (κ3) is 6.11. The molecule has 1 heterocycles. The lowest BCUT2D eigenvalue weighted by atomic mass is 10.1. The van der Waals surface area contributed by atoms with Gasteiger partial charge < -0.3 is 23.7 Å². The van der Waals surface area contributed by atoms with Crippen LogP contribution in [0.4, 0.5) is 0 Å². The minimum absolute atomic E-state index is 0.299. The van der Waals surface area contributed by atoms with Crippen LogP contribution in [0.25, 0.3) is 0 Å². The largest absolute Gasteiger partial charge is 0.369 e. The molecule has 1 aliphatic rings. The lowest BCUT2D eigenvalue weighted by Crippen LogP contribution is -2.43. The Labute approximate surface area is 188 Å². The van der Waals surface area contributed by atoms with Crippen LogP contribution in [-0.4, -0.2) is 37.3 Å². The van der Waals surface area contributed by atoms with Crippen molar-refractivity contribution in [3.05, 3.63) is 108 Å². The van der Waals surface area contributed by atoms with Crippen LogP contribution in [0.2, 0.25) is 0 Å². The number of hydrogen-bond donors (Lipinski definition) is 0. The lowest BCUT2D eigenvalue weighted by molar-refractivity contribution is -0.140. The van der Waals surface area contributed by atoms with Gasteiger partial charge in [-0.05, 0) is 16.7 Å². The summed E-state index contributed by atoms with van der Waals surface area (Å²) in [7, 11) is 0. The molecule has 0 aliphatic carbocycles. The Morgan fingerprint density at radius 3 is 1.78 bits per heavy atom. The summed E-state index contributed by atoms with van der Waals surface area (Å²) < 4.78 is 24.3. The standard InChI is InChI=1S/C27H28O5/c28-16-24(29-17-21-10-4-1-5-11-21)26-27(31-19-23-14-8-3-9-15-23)25(20-32-26)30-18-22-12-6-2-7-13-22/h1-16,24-27H,17-20H2/t24-,25+,26+,27-/m0/s1. The van der Waals surface area contributed by atoms with Gasteiger partial charge >= 0.3 is 0 Å². The Morgan fingerprint density at radius 2 is 1.25 bits per heavy atom. The molecule has 0 saturated carbocycles. The predicted molar refractivity (Wildman–Crippen MR) is 121 cm³/mol. The molecule has 4 rings (SSSR count). The molecule has 0 N–H and O–H groups in total. The highest BCUT2D eigenvalue weighted by Crippen LogP contribution is 2.26. The third-order valence-electron chi connectivity index (χ3n) is 5.48. The Balaban J connectivity index is 1.43. The Morgan fingerprint density at radius 1 is 0.750 bits per heavy atom. The van der Waals surface area contributed by atoms with E-state index in [1.54, 1.807) is 0 Å². The van der Waals surface area contributed by atoms with Gasteiger partial charge in [0.25, 0.3) is 0 Å². The summed E-state index contributed by atoms with van der Waals surface area (Å²) in [5.41, 5.74) is 3.12. The minimum atomic E-state index is -0.749. The molecule has 1 saturated heterocycles. The van der Waals surface area contributed by atoms with Crippen molar-refractivity contribution in [1.29, 1.82) is 0 Å². The summed E-state index contributed by atoms with van der Waals surface area (Å²) >= 11 is 0. The second-order valence-corrected chi connectivity index (χ2v) is 7.79. The van der Waals surface area contributed by atoms with Crippen molar-refractivity contribution in [3.63, 3.8) is 0 Å². The summed E-state index contributed by atoms with van der Waals surface area (Å²) in [5, 5.41) is 0. The highest BCUT2D eigenvalue weighted by molar-refractivity contribution is 5.57. The van der Waals surface area contributed by atoms with E-state index < -0.39 is 18.3 Å². The summed E-state index contributed by atoms with van der Waals surface area (Å²) in [6, 6.07) is 29.7. The Bertz CT molecular complexity index is 932. The van der Waals surface area contributed by atoms with Crippen LogP contribution in [0.5, 0.6) is 0 Å². The zero-order valence-corrected chi connectivity index (χ0v) is 17.9. The van der Waals surface area contributed by atoms with Gasteiger partial charge in [-0.25, -0.2) is 0 Å². The smallest absolute Gasteiger partial charge is 0.151 e. The number of hydrogen-bond acceptors (Lipinski definition) is 5. The highest BCUT2D eigenvalue weighted by atomic mass is 16.6. The maximum absolute atomic E-state index is 11.9. The Hall–Kier alpha value is -2.83. The van der Waals surface area contributed by atoms with Crippen LogP contribution >= 0.6 is 0 Å². The molecule has 5 nitrogen and oxygen atoms in total.